The molecule has 2 amide bonds. The maximum atomic E-state index is 12.0. The molecule has 2 aromatic rings. The Labute approximate surface area is 191 Å². The highest BCUT2D eigenvalue weighted by atomic mass is 16.2. The molecule has 0 aliphatic heterocycles. The third-order valence-electron chi connectivity index (χ3n) is 5.07. The molecule has 0 aromatic heterocycles. The molecule has 6 heteroatoms. The van der Waals surface area contributed by atoms with Gasteiger partial charge in [-0.25, -0.2) is 10.9 Å². The largest absolute Gasteiger partial charge is 0.273 e. The summed E-state index contributed by atoms with van der Waals surface area (Å²) in [6, 6.07) is 19.7. The minimum absolute atomic E-state index is 0.0769. The number of benzene rings is 2. The monoisotopic (exact) mass is 434 g/mol. The highest BCUT2D eigenvalue weighted by molar-refractivity contribution is 6.01. The summed E-state index contributed by atoms with van der Waals surface area (Å²) in [5.41, 5.74) is 9.09. The number of nitrogens with zero attached hydrogens (tertiary/aromatic N) is 2. The van der Waals surface area contributed by atoms with E-state index in [1.807, 2.05) is 74.5 Å². The molecule has 0 spiro atoms. The van der Waals surface area contributed by atoms with Crippen LogP contribution in [0.3, 0.4) is 0 Å². The average molecular weight is 435 g/mol. The Morgan fingerprint density at radius 2 is 1.00 bits per heavy atom. The Morgan fingerprint density at radius 3 is 1.34 bits per heavy atom. The van der Waals surface area contributed by atoms with Crippen LogP contribution in [0.2, 0.25) is 0 Å². The molecule has 0 saturated carbocycles. The Hall–Kier alpha value is -3.28. The van der Waals surface area contributed by atoms with Crippen molar-refractivity contribution < 1.29 is 9.59 Å². The molecule has 2 aromatic carbocycles. The fourth-order valence-corrected chi connectivity index (χ4v) is 3.25. The molecule has 0 bridgehead atoms. The van der Waals surface area contributed by atoms with Crippen molar-refractivity contribution in [1.29, 1.82) is 0 Å². The van der Waals surface area contributed by atoms with Gasteiger partial charge < -0.3 is 0 Å². The highest BCUT2D eigenvalue weighted by Gasteiger charge is 2.05. The number of unbranched alkanes of at least 4 members (excludes halogenated alkanes) is 3. The fraction of sp³-hybridized carbons (Fsp3) is 0.385. The lowest BCUT2D eigenvalue weighted by Crippen LogP contribution is -2.20. The van der Waals surface area contributed by atoms with Gasteiger partial charge in [0.1, 0.15) is 0 Å². The highest BCUT2D eigenvalue weighted by Crippen LogP contribution is 2.07. The van der Waals surface area contributed by atoms with E-state index in [1.165, 1.54) is 0 Å². The zero-order chi connectivity index (χ0) is 23.0. The number of hydrazone groups is 2. The predicted octanol–water partition coefficient (Wildman–Crippen LogP) is 5.19. The van der Waals surface area contributed by atoms with E-state index in [2.05, 4.69) is 21.1 Å². The van der Waals surface area contributed by atoms with E-state index < -0.39 is 0 Å². The van der Waals surface area contributed by atoms with E-state index in [0.717, 1.165) is 61.1 Å². The van der Waals surface area contributed by atoms with Gasteiger partial charge in [0.05, 0.1) is 11.4 Å². The van der Waals surface area contributed by atoms with Crippen LogP contribution in [0.25, 0.3) is 0 Å². The summed E-state index contributed by atoms with van der Waals surface area (Å²) in [5.74, 6) is -0.154. The lowest BCUT2D eigenvalue weighted by Gasteiger charge is -2.06. The molecule has 0 aliphatic rings. The summed E-state index contributed by atoms with van der Waals surface area (Å²) in [5, 5.41) is 8.53. The number of rotatable bonds is 13. The first-order valence-electron chi connectivity index (χ1n) is 11.5. The summed E-state index contributed by atoms with van der Waals surface area (Å²) >= 11 is 0. The normalized spacial score (nSPS) is 11.8. The molecular formula is C26H34N4O2. The van der Waals surface area contributed by atoms with Crippen LogP contribution in [-0.4, -0.2) is 23.2 Å². The minimum Gasteiger partial charge on any atom is -0.273 e. The van der Waals surface area contributed by atoms with E-state index >= 15 is 0 Å². The quantitative estimate of drug-likeness (QED) is 0.258. The molecule has 32 heavy (non-hydrogen) atoms. The van der Waals surface area contributed by atoms with Crippen molar-refractivity contribution in [3.05, 3.63) is 71.8 Å². The SMILES string of the molecule is CC/C(=N\NC(=O)CCCCCCC(=O)N/N=C(\CC)c1ccccc1)c1ccccc1. The lowest BCUT2D eigenvalue weighted by molar-refractivity contribution is -0.122. The summed E-state index contributed by atoms with van der Waals surface area (Å²) in [4.78, 5) is 24.1. The molecular weight excluding hydrogens is 400 g/mol. The summed E-state index contributed by atoms with van der Waals surface area (Å²) in [7, 11) is 0. The van der Waals surface area contributed by atoms with Crippen LogP contribution in [-0.2, 0) is 9.59 Å². The fourth-order valence-electron chi connectivity index (χ4n) is 3.25. The van der Waals surface area contributed by atoms with Crippen LogP contribution in [0.15, 0.2) is 70.9 Å². The van der Waals surface area contributed by atoms with E-state index in [4.69, 9.17) is 0 Å². The van der Waals surface area contributed by atoms with Crippen molar-refractivity contribution in [2.24, 2.45) is 10.2 Å². The zero-order valence-electron chi connectivity index (χ0n) is 19.1. The van der Waals surface area contributed by atoms with Crippen molar-refractivity contribution in [2.75, 3.05) is 0 Å². The van der Waals surface area contributed by atoms with Crippen LogP contribution >= 0.6 is 0 Å². The maximum absolute atomic E-state index is 12.0. The Bertz CT molecular complexity index is 817. The first-order valence-corrected chi connectivity index (χ1v) is 11.5. The van der Waals surface area contributed by atoms with Gasteiger partial charge in [0.15, 0.2) is 0 Å². The van der Waals surface area contributed by atoms with Crippen LogP contribution in [0, 0.1) is 0 Å². The van der Waals surface area contributed by atoms with Gasteiger partial charge in [-0.2, -0.15) is 10.2 Å². The maximum Gasteiger partial charge on any atom is 0.240 e. The van der Waals surface area contributed by atoms with E-state index in [1.54, 1.807) is 0 Å². The standard InChI is InChI=1S/C26H34N4O2/c1-3-23(21-15-9-7-10-16-21)27-29-25(31)19-13-5-6-14-20-26(32)30-28-24(4-2)22-17-11-8-12-18-22/h7-12,15-18H,3-6,13-14,19-20H2,1-2H3,(H,29,31)(H,30,32)/b27-23+,28-24+. The van der Waals surface area contributed by atoms with Crippen LogP contribution < -0.4 is 10.9 Å². The topological polar surface area (TPSA) is 82.9 Å². The smallest absolute Gasteiger partial charge is 0.240 e. The van der Waals surface area contributed by atoms with Crippen LogP contribution in [0.4, 0.5) is 0 Å². The molecule has 170 valence electrons. The third kappa shape index (κ3) is 9.25. The first-order chi connectivity index (χ1) is 15.6. The van der Waals surface area contributed by atoms with Gasteiger partial charge in [0.2, 0.25) is 11.8 Å². The average Bonchev–Trinajstić information content (AvgIpc) is 2.83. The number of amides is 2. The molecule has 0 heterocycles. The summed E-state index contributed by atoms with van der Waals surface area (Å²) < 4.78 is 0. The van der Waals surface area contributed by atoms with Crippen LogP contribution in [0.1, 0.15) is 76.3 Å². The molecule has 0 aliphatic carbocycles. The van der Waals surface area contributed by atoms with Crippen LogP contribution in [0.5, 0.6) is 0 Å². The first kappa shape index (κ1) is 25.0. The molecule has 2 N–H and O–H groups in total. The molecule has 0 atom stereocenters. The van der Waals surface area contributed by atoms with Crippen molar-refractivity contribution >= 4 is 23.2 Å². The van der Waals surface area contributed by atoms with E-state index in [-0.39, 0.29) is 11.8 Å². The molecule has 0 unspecified atom stereocenters. The Kier molecular flexibility index (Phi) is 11.5. The van der Waals surface area contributed by atoms with Crippen molar-refractivity contribution in [2.45, 2.75) is 65.2 Å². The molecule has 0 saturated heterocycles. The van der Waals surface area contributed by atoms with Gasteiger partial charge >= 0.3 is 0 Å². The second-order valence-electron chi connectivity index (χ2n) is 7.54. The van der Waals surface area contributed by atoms with Gasteiger partial charge in [0, 0.05) is 12.8 Å². The predicted molar refractivity (Wildman–Crippen MR) is 131 cm³/mol. The zero-order valence-corrected chi connectivity index (χ0v) is 19.1. The molecule has 0 fully saturated rings. The number of carbonyl (C=O) groups excluding carboxylic acids is 2. The number of carbonyl (C=O) groups is 2. The van der Waals surface area contributed by atoms with Gasteiger partial charge in [-0.15, -0.1) is 0 Å². The van der Waals surface area contributed by atoms with Crippen molar-refractivity contribution in [3.63, 3.8) is 0 Å². The molecule has 2 rings (SSSR count). The lowest BCUT2D eigenvalue weighted by atomic mass is 10.1. The third-order valence-corrected chi connectivity index (χ3v) is 5.07. The Balaban J connectivity index is 1.60. The molecule has 0 radical (unpaired) electrons. The Morgan fingerprint density at radius 1 is 0.625 bits per heavy atom. The van der Waals surface area contributed by atoms with Crippen molar-refractivity contribution in [3.8, 4) is 0 Å². The second kappa shape index (κ2) is 14.7. The van der Waals surface area contributed by atoms with E-state index in [0.29, 0.717) is 12.8 Å². The second-order valence-corrected chi connectivity index (χ2v) is 7.54. The van der Waals surface area contributed by atoms with Gasteiger partial charge in [-0.3, -0.25) is 9.59 Å². The van der Waals surface area contributed by atoms with Gasteiger partial charge in [0.25, 0.3) is 0 Å². The van der Waals surface area contributed by atoms with Crippen molar-refractivity contribution in [1.82, 2.24) is 10.9 Å². The van der Waals surface area contributed by atoms with Gasteiger partial charge in [-0.1, -0.05) is 87.4 Å². The number of nitrogens with one attached hydrogen (secondary N) is 2. The van der Waals surface area contributed by atoms with Gasteiger partial charge in [-0.05, 0) is 36.8 Å². The summed E-state index contributed by atoms with van der Waals surface area (Å²) in [6.07, 6.45) is 5.73. The number of hydrogen-bond acceptors (Lipinski definition) is 4. The number of hydrogen-bond donors (Lipinski definition) is 2. The summed E-state index contributed by atoms with van der Waals surface area (Å²) in [6.45, 7) is 4.04. The minimum atomic E-state index is -0.0769. The molecule has 6 nitrogen and oxygen atoms in total. The van der Waals surface area contributed by atoms with E-state index in [9.17, 15) is 9.59 Å².